The summed E-state index contributed by atoms with van der Waals surface area (Å²) in [5.74, 6) is 1.57. The van der Waals surface area contributed by atoms with Crippen LogP contribution in [0.15, 0.2) is 40.3 Å². The lowest BCUT2D eigenvalue weighted by molar-refractivity contribution is 0.173. The lowest BCUT2D eigenvalue weighted by atomic mass is 10.2. The molecule has 6 heteroatoms. The van der Waals surface area contributed by atoms with Crippen molar-refractivity contribution < 1.29 is 9.47 Å². The molecule has 4 nitrogen and oxygen atoms in total. The summed E-state index contributed by atoms with van der Waals surface area (Å²) in [6, 6.07) is 10.2. The minimum atomic E-state index is 0.285. The second kappa shape index (κ2) is 5.20. The lowest BCUT2D eigenvalue weighted by Crippen LogP contribution is -1.99. The van der Waals surface area contributed by atoms with Crippen LogP contribution >= 0.6 is 27.3 Å². The SMILES string of the molecule is Brc1cc(CNc2ccc3ncsc3c2)cc2c1OCO2. The number of hydrogen-bond acceptors (Lipinski definition) is 5. The third kappa shape index (κ3) is 2.45. The van der Waals surface area contributed by atoms with E-state index in [2.05, 4.69) is 32.3 Å². The monoisotopic (exact) mass is 362 g/mol. The maximum absolute atomic E-state index is 5.43. The Bertz CT molecular complexity index is 819. The predicted octanol–water partition coefficient (Wildman–Crippen LogP) is 4.40. The Hall–Kier alpha value is -1.79. The van der Waals surface area contributed by atoms with Gasteiger partial charge in [0.1, 0.15) is 0 Å². The van der Waals surface area contributed by atoms with E-state index in [4.69, 9.17) is 9.47 Å². The van der Waals surface area contributed by atoms with E-state index in [1.807, 2.05) is 29.8 Å². The van der Waals surface area contributed by atoms with Gasteiger partial charge in [-0.25, -0.2) is 4.98 Å². The largest absolute Gasteiger partial charge is 0.454 e. The van der Waals surface area contributed by atoms with Crippen molar-refractivity contribution in [2.24, 2.45) is 0 Å². The summed E-state index contributed by atoms with van der Waals surface area (Å²) < 4.78 is 12.9. The molecule has 1 aliphatic rings. The van der Waals surface area contributed by atoms with Crippen molar-refractivity contribution in [1.82, 2.24) is 4.98 Å². The number of aromatic nitrogens is 1. The lowest BCUT2D eigenvalue weighted by Gasteiger charge is -2.08. The Kier molecular flexibility index (Phi) is 3.20. The second-order valence-electron chi connectivity index (χ2n) is 4.70. The van der Waals surface area contributed by atoms with Crippen LogP contribution in [0.25, 0.3) is 10.2 Å². The molecule has 0 atom stereocenters. The average Bonchev–Trinajstić information content (AvgIpc) is 3.13. The summed E-state index contributed by atoms with van der Waals surface area (Å²) >= 11 is 5.16. The van der Waals surface area contributed by atoms with Crippen LogP contribution in [0.2, 0.25) is 0 Å². The highest BCUT2D eigenvalue weighted by atomic mass is 79.9. The van der Waals surface area contributed by atoms with Gasteiger partial charge >= 0.3 is 0 Å². The Labute approximate surface area is 133 Å². The molecular weight excluding hydrogens is 352 g/mol. The number of rotatable bonds is 3. The Balaban J connectivity index is 1.55. The first-order valence-electron chi connectivity index (χ1n) is 6.45. The molecule has 1 aromatic heterocycles. The van der Waals surface area contributed by atoms with E-state index >= 15 is 0 Å². The maximum Gasteiger partial charge on any atom is 0.231 e. The van der Waals surface area contributed by atoms with Crippen molar-refractivity contribution >= 4 is 43.2 Å². The highest BCUT2D eigenvalue weighted by Crippen LogP contribution is 2.40. The fraction of sp³-hybridized carbons (Fsp3) is 0.133. The van der Waals surface area contributed by atoms with Crippen LogP contribution in [0.5, 0.6) is 11.5 Å². The van der Waals surface area contributed by atoms with Crippen LogP contribution in [-0.2, 0) is 6.54 Å². The van der Waals surface area contributed by atoms with Gasteiger partial charge in [-0.2, -0.15) is 0 Å². The topological polar surface area (TPSA) is 43.4 Å². The highest BCUT2D eigenvalue weighted by Gasteiger charge is 2.17. The minimum Gasteiger partial charge on any atom is -0.454 e. The number of fused-ring (bicyclic) bond motifs is 2. The zero-order chi connectivity index (χ0) is 14.2. The van der Waals surface area contributed by atoms with Gasteiger partial charge in [0.2, 0.25) is 6.79 Å². The standard InChI is InChI=1S/C15H11BrN2O2S/c16-11-3-9(4-13-15(11)20-8-19-13)6-17-10-1-2-12-14(5-10)21-7-18-12/h1-5,7,17H,6,8H2. The van der Waals surface area contributed by atoms with Crippen molar-refractivity contribution in [1.29, 1.82) is 0 Å². The van der Waals surface area contributed by atoms with Crippen LogP contribution in [0.3, 0.4) is 0 Å². The molecule has 0 saturated carbocycles. The molecule has 2 heterocycles. The number of nitrogens with one attached hydrogen (secondary N) is 1. The molecule has 4 rings (SSSR count). The third-order valence-electron chi connectivity index (χ3n) is 3.31. The molecule has 3 aromatic rings. The van der Waals surface area contributed by atoms with Gasteiger partial charge in [0.15, 0.2) is 11.5 Å². The van der Waals surface area contributed by atoms with Crippen LogP contribution in [0.1, 0.15) is 5.56 Å². The van der Waals surface area contributed by atoms with Gasteiger partial charge in [-0.05, 0) is 51.8 Å². The Morgan fingerprint density at radius 1 is 1.24 bits per heavy atom. The fourth-order valence-electron chi connectivity index (χ4n) is 2.29. The van der Waals surface area contributed by atoms with Crippen LogP contribution in [0, 0.1) is 0 Å². The number of anilines is 1. The zero-order valence-electron chi connectivity index (χ0n) is 10.9. The maximum atomic E-state index is 5.43. The number of halogens is 1. The van der Waals surface area contributed by atoms with Crippen molar-refractivity contribution in [2.75, 3.05) is 12.1 Å². The smallest absolute Gasteiger partial charge is 0.231 e. The molecule has 0 bridgehead atoms. The van der Waals surface area contributed by atoms with Crippen molar-refractivity contribution in [3.8, 4) is 11.5 Å². The van der Waals surface area contributed by atoms with Gasteiger partial charge < -0.3 is 14.8 Å². The normalized spacial score (nSPS) is 12.8. The highest BCUT2D eigenvalue weighted by molar-refractivity contribution is 9.10. The van der Waals surface area contributed by atoms with E-state index in [-0.39, 0.29) is 6.79 Å². The van der Waals surface area contributed by atoms with Gasteiger partial charge in [0, 0.05) is 12.2 Å². The van der Waals surface area contributed by atoms with Crippen molar-refractivity contribution in [2.45, 2.75) is 6.54 Å². The molecule has 106 valence electrons. The molecule has 0 amide bonds. The molecule has 21 heavy (non-hydrogen) atoms. The summed E-state index contributed by atoms with van der Waals surface area (Å²) in [6.45, 7) is 1.01. The van der Waals surface area contributed by atoms with Gasteiger partial charge in [-0.1, -0.05) is 0 Å². The first-order valence-corrected chi connectivity index (χ1v) is 8.12. The summed E-state index contributed by atoms with van der Waals surface area (Å²) in [4.78, 5) is 4.28. The number of hydrogen-bond donors (Lipinski definition) is 1. The number of benzene rings is 2. The molecule has 1 aliphatic heterocycles. The quantitative estimate of drug-likeness (QED) is 0.749. The summed E-state index contributed by atoms with van der Waals surface area (Å²) in [5, 5.41) is 3.42. The van der Waals surface area contributed by atoms with Gasteiger partial charge in [0.25, 0.3) is 0 Å². The summed E-state index contributed by atoms with van der Waals surface area (Å²) in [5.41, 5.74) is 5.12. The fourth-order valence-corrected chi connectivity index (χ4v) is 3.61. The van der Waals surface area contributed by atoms with E-state index in [1.54, 1.807) is 11.3 Å². The van der Waals surface area contributed by atoms with Crippen LogP contribution < -0.4 is 14.8 Å². The van der Waals surface area contributed by atoms with Crippen LogP contribution in [0.4, 0.5) is 5.69 Å². The summed E-state index contributed by atoms with van der Waals surface area (Å²) in [6.07, 6.45) is 0. The first-order chi connectivity index (χ1) is 10.3. The molecule has 0 fully saturated rings. The minimum absolute atomic E-state index is 0.285. The number of thiazole rings is 1. The van der Waals surface area contributed by atoms with E-state index in [0.29, 0.717) is 0 Å². The van der Waals surface area contributed by atoms with Gasteiger partial charge in [-0.3, -0.25) is 0 Å². The molecule has 0 unspecified atom stereocenters. The van der Waals surface area contributed by atoms with E-state index in [1.165, 1.54) is 4.70 Å². The molecular formula is C15H11BrN2O2S. The van der Waals surface area contributed by atoms with Gasteiger partial charge in [-0.15, -0.1) is 11.3 Å². The third-order valence-corrected chi connectivity index (χ3v) is 4.70. The first kappa shape index (κ1) is 12.9. The van der Waals surface area contributed by atoms with E-state index in [9.17, 15) is 0 Å². The predicted molar refractivity (Wildman–Crippen MR) is 87.2 cm³/mol. The molecule has 0 spiro atoms. The molecule has 1 N–H and O–H groups in total. The number of ether oxygens (including phenoxy) is 2. The average molecular weight is 363 g/mol. The Morgan fingerprint density at radius 2 is 2.19 bits per heavy atom. The second-order valence-corrected chi connectivity index (χ2v) is 6.44. The molecule has 0 saturated heterocycles. The van der Waals surface area contributed by atoms with Crippen molar-refractivity contribution in [3.05, 3.63) is 45.9 Å². The Morgan fingerprint density at radius 3 is 3.14 bits per heavy atom. The number of nitrogens with zero attached hydrogens (tertiary/aromatic N) is 1. The molecule has 2 aromatic carbocycles. The van der Waals surface area contributed by atoms with Crippen LogP contribution in [-0.4, -0.2) is 11.8 Å². The van der Waals surface area contributed by atoms with E-state index in [0.717, 1.165) is 39.3 Å². The molecule has 0 radical (unpaired) electrons. The van der Waals surface area contributed by atoms with Crippen molar-refractivity contribution in [3.63, 3.8) is 0 Å². The molecule has 0 aliphatic carbocycles. The summed E-state index contributed by atoms with van der Waals surface area (Å²) in [7, 11) is 0. The van der Waals surface area contributed by atoms with E-state index < -0.39 is 0 Å². The van der Waals surface area contributed by atoms with Gasteiger partial charge in [0.05, 0.1) is 20.2 Å². The zero-order valence-corrected chi connectivity index (χ0v) is 13.3.